The number of carbonyl (C=O) groups excluding carboxylic acids is 1. The van der Waals surface area contributed by atoms with E-state index in [0.29, 0.717) is 6.54 Å². The Morgan fingerprint density at radius 1 is 1.40 bits per heavy atom. The van der Waals surface area contributed by atoms with Crippen molar-refractivity contribution < 1.29 is 14.3 Å². The summed E-state index contributed by atoms with van der Waals surface area (Å²) in [6.45, 7) is 4.57. The minimum Gasteiger partial charge on any atom is -0.454 e. The zero-order chi connectivity index (χ0) is 14.2. The van der Waals surface area contributed by atoms with E-state index >= 15 is 0 Å². The molecule has 0 aliphatic carbocycles. The van der Waals surface area contributed by atoms with Gasteiger partial charge in [0.15, 0.2) is 11.5 Å². The predicted molar refractivity (Wildman–Crippen MR) is 74.6 cm³/mol. The van der Waals surface area contributed by atoms with Crippen molar-refractivity contribution in [2.75, 3.05) is 26.9 Å². The fourth-order valence-corrected chi connectivity index (χ4v) is 2.85. The van der Waals surface area contributed by atoms with Crippen molar-refractivity contribution in [1.29, 1.82) is 0 Å². The molecule has 1 unspecified atom stereocenters. The molecule has 0 bridgehead atoms. The zero-order valence-corrected chi connectivity index (χ0v) is 11.9. The highest BCUT2D eigenvalue weighted by Crippen LogP contribution is 2.33. The number of nitrogens with zero attached hydrogens (tertiary/aromatic N) is 1. The molecule has 1 fully saturated rings. The summed E-state index contributed by atoms with van der Waals surface area (Å²) in [5, 5.41) is 3.26. The third kappa shape index (κ3) is 2.33. The minimum absolute atomic E-state index is 0.195. The number of nitrogens with one attached hydrogen (secondary N) is 1. The molecular formula is C15H20N2O3. The van der Waals surface area contributed by atoms with E-state index in [1.165, 1.54) is 0 Å². The van der Waals surface area contributed by atoms with Gasteiger partial charge in [-0.1, -0.05) is 6.07 Å². The number of fused-ring (bicyclic) bond motifs is 1. The molecule has 108 valence electrons. The van der Waals surface area contributed by atoms with Gasteiger partial charge in [-0.05, 0) is 37.6 Å². The molecule has 1 atom stereocenters. The second-order valence-corrected chi connectivity index (χ2v) is 5.84. The standard InChI is InChI=1S/C15H20N2O3/c1-15(5-6-16-9-15)14(18)17(2)8-11-3-4-12-13(7-11)20-10-19-12/h3-4,7,16H,5-6,8-10H2,1-2H3. The van der Waals surface area contributed by atoms with Crippen molar-refractivity contribution in [3.8, 4) is 11.5 Å². The summed E-state index contributed by atoms with van der Waals surface area (Å²) in [6, 6.07) is 5.82. The number of hydrogen-bond acceptors (Lipinski definition) is 4. The maximum atomic E-state index is 12.5. The van der Waals surface area contributed by atoms with E-state index in [1.807, 2.05) is 32.2 Å². The number of hydrogen-bond donors (Lipinski definition) is 1. The first kappa shape index (κ1) is 13.2. The van der Waals surface area contributed by atoms with E-state index in [9.17, 15) is 4.79 Å². The summed E-state index contributed by atoms with van der Waals surface area (Å²) in [4.78, 5) is 14.3. The maximum Gasteiger partial charge on any atom is 0.231 e. The van der Waals surface area contributed by atoms with Gasteiger partial charge >= 0.3 is 0 Å². The lowest BCUT2D eigenvalue weighted by atomic mass is 9.88. The molecule has 1 aromatic carbocycles. The van der Waals surface area contributed by atoms with Crippen LogP contribution in [0, 0.1) is 5.41 Å². The van der Waals surface area contributed by atoms with Crippen LogP contribution in [0.3, 0.4) is 0 Å². The molecule has 20 heavy (non-hydrogen) atoms. The first-order chi connectivity index (χ1) is 9.58. The predicted octanol–water partition coefficient (Wildman–Crippen LogP) is 1.37. The zero-order valence-electron chi connectivity index (χ0n) is 11.9. The Morgan fingerprint density at radius 2 is 2.20 bits per heavy atom. The minimum atomic E-state index is -0.273. The normalized spacial score (nSPS) is 23.9. The fraction of sp³-hybridized carbons (Fsp3) is 0.533. The average molecular weight is 276 g/mol. The molecule has 1 amide bonds. The van der Waals surface area contributed by atoms with E-state index in [-0.39, 0.29) is 18.1 Å². The summed E-state index contributed by atoms with van der Waals surface area (Å²) in [5.41, 5.74) is 0.783. The lowest BCUT2D eigenvalue weighted by molar-refractivity contribution is -0.139. The smallest absolute Gasteiger partial charge is 0.231 e. The summed E-state index contributed by atoms with van der Waals surface area (Å²) < 4.78 is 10.7. The summed E-state index contributed by atoms with van der Waals surface area (Å²) in [5.74, 6) is 1.73. The van der Waals surface area contributed by atoms with E-state index in [4.69, 9.17) is 9.47 Å². The van der Waals surface area contributed by atoms with Crippen LogP contribution in [0.25, 0.3) is 0 Å². The first-order valence-corrected chi connectivity index (χ1v) is 6.93. The number of carbonyl (C=O) groups is 1. The SMILES string of the molecule is CN(Cc1ccc2c(c1)OCO2)C(=O)C1(C)CCNC1. The molecule has 2 aliphatic heterocycles. The van der Waals surface area contributed by atoms with Gasteiger partial charge in [0.1, 0.15) is 0 Å². The second-order valence-electron chi connectivity index (χ2n) is 5.84. The Bertz CT molecular complexity index is 524. The number of ether oxygens (including phenoxy) is 2. The monoisotopic (exact) mass is 276 g/mol. The van der Waals surface area contributed by atoms with E-state index in [0.717, 1.165) is 36.6 Å². The van der Waals surface area contributed by atoms with Gasteiger partial charge in [-0.25, -0.2) is 0 Å². The van der Waals surface area contributed by atoms with Crippen LogP contribution >= 0.6 is 0 Å². The van der Waals surface area contributed by atoms with Crippen LogP contribution in [-0.4, -0.2) is 37.7 Å². The van der Waals surface area contributed by atoms with Gasteiger partial charge in [0.25, 0.3) is 0 Å². The highest BCUT2D eigenvalue weighted by molar-refractivity contribution is 5.82. The third-order valence-electron chi connectivity index (χ3n) is 4.09. The van der Waals surface area contributed by atoms with Crippen LogP contribution in [0.15, 0.2) is 18.2 Å². The molecule has 2 heterocycles. The van der Waals surface area contributed by atoms with Crippen molar-refractivity contribution in [3.63, 3.8) is 0 Å². The fourth-order valence-electron chi connectivity index (χ4n) is 2.85. The van der Waals surface area contributed by atoms with Crippen molar-refractivity contribution in [2.45, 2.75) is 19.9 Å². The average Bonchev–Trinajstić information content (AvgIpc) is 3.06. The Hall–Kier alpha value is -1.75. The van der Waals surface area contributed by atoms with Gasteiger partial charge in [0, 0.05) is 20.1 Å². The first-order valence-electron chi connectivity index (χ1n) is 6.93. The molecular weight excluding hydrogens is 256 g/mol. The molecule has 5 nitrogen and oxygen atoms in total. The molecule has 2 aliphatic rings. The van der Waals surface area contributed by atoms with Crippen LogP contribution < -0.4 is 14.8 Å². The lowest BCUT2D eigenvalue weighted by Crippen LogP contribution is -2.41. The van der Waals surface area contributed by atoms with Gasteiger partial charge in [-0.2, -0.15) is 0 Å². The Balaban J connectivity index is 1.69. The number of benzene rings is 1. The lowest BCUT2D eigenvalue weighted by Gasteiger charge is -2.28. The Morgan fingerprint density at radius 3 is 2.95 bits per heavy atom. The Kier molecular flexibility index (Phi) is 3.30. The molecule has 0 radical (unpaired) electrons. The second kappa shape index (κ2) is 4.98. The van der Waals surface area contributed by atoms with E-state index in [2.05, 4.69) is 5.32 Å². The largest absolute Gasteiger partial charge is 0.454 e. The summed E-state index contributed by atoms with van der Waals surface area (Å²) in [6.07, 6.45) is 0.900. The third-order valence-corrected chi connectivity index (χ3v) is 4.09. The molecule has 0 saturated carbocycles. The highest BCUT2D eigenvalue weighted by Gasteiger charge is 2.38. The van der Waals surface area contributed by atoms with Gasteiger partial charge in [0.05, 0.1) is 5.41 Å². The van der Waals surface area contributed by atoms with E-state index < -0.39 is 0 Å². The van der Waals surface area contributed by atoms with E-state index in [1.54, 1.807) is 4.90 Å². The van der Waals surface area contributed by atoms with Crippen molar-refractivity contribution in [2.24, 2.45) is 5.41 Å². The number of amides is 1. The maximum absolute atomic E-state index is 12.5. The van der Waals surface area contributed by atoms with Crippen LogP contribution in [0.4, 0.5) is 0 Å². The van der Waals surface area contributed by atoms with Crippen LogP contribution in [0.1, 0.15) is 18.9 Å². The molecule has 0 spiro atoms. The highest BCUT2D eigenvalue weighted by atomic mass is 16.7. The van der Waals surface area contributed by atoms with Gasteiger partial charge in [-0.3, -0.25) is 4.79 Å². The van der Waals surface area contributed by atoms with Gasteiger partial charge in [-0.15, -0.1) is 0 Å². The molecule has 5 heteroatoms. The van der Waals surface area contributed by atoms with Crippen molar-refractivity contribution in [3.05, 3.63) is 23.8 Å². The molecule has 0 aromatic heterocycles. The quantitative estimate of drug-likeness (QED) is 0.906. The van der Waals surface area contributed by atoms with Crippen LogP contribution in [0.5, 0.6) is 11.5 Å². The topological polar surface area (TPSA) is 50.8 Å². The van der Waals surface area contributed by atoms with Gasteiger partial charge in [0.2, 0.25) is 12.7 Å². The summed E-state index contributed by atoms with van der Waals surface area (Å²) >= 11 is 0. The van der Waals surface area contributed by atoms with Crippen molar-refractivity contribution >= 4 is 5.91 Å². The number of rotatable bonds is 3. The molecule has 1 aromatic rings. The molecule has 3 rings (SSSR count). The van der Waals surface area contributed by atoms with Crippen LogP contribution in [-0.2, 0) is 11.3 Å². The van der Waals surface area contributed by atoms with Gasteiger partial charge < -0.3 is 19.7 Å². The summed E-state index contributed by atoms with van der Waals surface area (Å²) in [7, 11) is 1.86. The molecule has 1 N–H and O–H groups in total. The van der Waals surface area contributed by atoms with Crippen molar-refractivity contribution in [1.82, 2.24) is 10.2 Å². The van der Waals surface area contributed by atoms with Crippen LogP contribution in [0.2, 0.25) is 0 Å². The molecule has 1 saturated heterocycles. The Labute approximate surface area is 118 Å².